The third kappa shape index (κ3) is 1.50. The van der Waals surface area contributed by atoms with Crippen molar-refractivity contribution in [2.24, 2.45) is 11.3 Å². The molecule has 0 aliphatic carbocycles. The van der Waals surface area contributed by atoms with E-state index in [1.807, 2.05) is 13.8 Å². The van der Waals surface area contributed by atoms with Gasteiger partial charge in [0.25, 0.3) is 0 Å². The van der Waals surface area contributed by atoms with Crippen LogP contribution in [0.25, 0.3) is 0 Å². The Hall–Kier alpha value is -1.39. The van der Waals surface area contributed by atoms with Gasteiger partial charge in [0.1, 0.15) is 5.41 Å². The third-order valence-corrected chi connectivity index (χ3v) is 3.63. The lowest BCUT2D eigenvalue weighted by atomic mass is 9.70. The van der Waals surface area contributed by atoms with Gasteiger partial charge in [0.05, 0.1) is 0 Å². The molecular weight excluding hydrogens is 208 g/mol. The summed E-state index contributed by atoms with van der Waals surface area (Å²) in [7, 11) is 1.40. The first-order chi connectivity index (χ1) is 7.41. The molecule has 0 aromatic carbocycles. The molecule has 1 N–H and O–H groups in total. The maximum atomic E-state index is 12.1. The molecule has 1 heterocycles. The van der Waals surface area contributed by atoms with Crippen LogP contribution in [0.3, 0.4) is 0 Å². The summed E-state index contributed by atoms with van der Waals surface area (Å²) in [5, 5.41) is 2.24. The Balaban J connectivity index is 3.21. The first-order valence-electron chi connectivity index (χ1n) is 5.55. The SMILES string of the molecule is CC[C@H](C)[C@@]1(CC)C(=O)NC(=O)N(C)C1=O. The number of carbonyl (C=O) groups is 3. The van der Waals surface area contributed by atoms with Crippen LogP contribution in [0.15, 0.2) is 0 Å². The Kier molecular flexibility index (Phi) is 3.35. The monoisotopic (exact) mass is 226 g/mol. The minimum atomic E-state index is -1.09. The summed E-state index contributed by atoms with van der Waals surface area (Å²) in [5.41, 5.74) is -1.09. The van der Waals surface area contributed by atoms with Gasteiger partial charge in [0, 0.05) is 7.05 Å². The average molecular weight is 226 g/mol. The number of barbiturate groups is 1. The molecule has 0 unspecified atom stereocenters. The quantitative estimate of drug-likeness (QED) is 0.734. The smallest absolute Gasteiger partial charge is 0.277 e. The zero-order valence-electron chi connectivity index (χ0n) is 10.2. The van der Waals surface area contributed by atoms with E-state index in [1.54, 1.807) is 6.92 Å². The van der Waals surface area contributed by atoms with Gasteiger partial charge in [-0.15, -0.1) is 0 Å². The molecule has 0 saturated carbocycles. The van der Waals surface area contributed by atoms with E-state index in [0.717, 1.165) is 11.3 Å². The molecule has 1 rings (SSSR count). The van der Waals surface area contributed by atoms with Gasteiger partial charge < -0.3 is 0 Å². The normalized spacial score (nSPS) is 28.0. The molecule has 0 aromatic rings. The standard InChI is InChI=1S/C11H18N2O3/c1-5-7(3)11(6-2)8(14)12-10(16)13(4)9(11)15/h7H,5-6H2,1-4H3,(H,12,14,16)/t7-,11-/m0/s1. The summed E-state index contributed by atoms with van der Waals surface area (Å²) in [6, 6.07) is -0.637. The molecule has 0 aromatic heterocycles. The summed E-state index contributed by atoms with van der Waals surface area (Å²) in [4.78, 5) is 36.4. The molecule has 1 aliphatic rings. The molecule has 1 fully saturated rings. The molecule has 90 valence electrons. The first kappa shape index (κ1) is 12.7. The van der Waals surface area contributed by atoms with Gasteiger partial charge in [-0.1, -0.05) is 27.2 Å². The number of urea groups is 1. The van der Waals surface area contributed by atoms with Crippen LogP contribution in [-0.2, 0) is 9.59 Å². The highest BCUT2D eigenvalue weighted by atomic mass is 16.2. The van der Waals surface area contributed by atoms with E-state index in [2.05, 4.69) is 5.32 Å². The van der Waals surface area contributed by atoms with Crippen molar-refractivity contribution in [1.29, 1.82) is 0 Å². The molecule has 0 radical (unpaired) electrons. The highest BCUT2D eigenvalue weighted by molar-refractivity contribution is 6.19. The Morgan fingerprint density at radius 1 is 1.31 bits per heavy atom. The average Bonchev–Trinajstić information content (AvgIpc) is 2.27. The van der Waals surface area contributed by atoms with Crippen molar-refractivity contribution < 1.29 is 14.4 Å². The van der Waals surface area contributed by atoms with Crippen LogP contribution in [-0.4, -0.2) is 29.8 Å². The van der Waals surface area contributed by atoms with Crippen molar-refractivity contribution in [3.63, 3.8) is 0 Å². The lowest BCUT2D eigenvalue weighted by Gasteiger charge is -2.40. The highest BCUT2D eigenvalue weighted by Gasteiger charge is 2.54. The minimum absolute atomic E-state index is 0.0828. The van der Waals surface area contributed by atoms with Crippen molar-refractivity contribution in [1.82, 2.24) is 10.2 Å². The van der Waals surface area contributed by atoms with Gasteiger partial charge in [-0.25, -0.2) is 4.79 Å². The lowest BCUT2D eigenvalue weighted by molar-refractivity contribution is -0.154. The molecule has 1 aliphatic heterocycles. The number of hydrogen-bond donors (Lipinski definition) is 1. The molecule has 16 heavy (non-hydrogen) atoms. The van der Waals surface area contributed by atoms with Gasteiger partial charge in [-0.05, 0) is 12.3 Å². The summed E-state index contributed by atoms with van der Waals surface area (Å²) >= 11 is 0. The largest absolute Gasteiger partial charge is 0.330 e. The van der Waals surface area contributed by atoms with Gasteiger partial charge in [-0.2, -0.15) is 0 Å². The second kappa shape index (κ2) is 4.23. The molecule has 1 saturated heterocycles. The second-order valence-electron chi connectivity index (χ2n) is 4.26. The Morgan fingerprint density at radius 2 is 1.88 bits per heavy atom. The third-order valence-electron chi connectivity index (χ3n) is 3.63. The maximum absolute atomic E-state index is 12.1. The van der Waals surface area contributed by atoms with Crippen molar-refractivity contribution in [2.45, 2.75) is 33.6 Å². The van der Waals surface area contributed by atoms with Gasteiger partial charge in [0.15, 0.2) is 0 Å². The van der Waals surface area contributed by atoms with Crippen LogP contribution in [0.4, 0.5) is 4.79 Å². The van der Waals surface area contributed by atoms with E-state index in [-0.39, 0.29) is 5.92 Å². The Labute approximate surface area is 95.2 Å². The number of carbonyl (C=O) groups excluding carboxylic acids is 3. The van der Waals surface area contributed by atoms with Crippen molar-refractivity contribution in [3.05, 3.63) is 0 Å². The number of nitrogens with one attached hydrogen (secondary N) is 1. The van der Waals surface area contributed by atoms with Crippen LogP contribution in [0, 0.1) is 11.3 Å². The summed E-state index contributed by atoms with van der Waals surface area (Å²) in [5.74, 6) is -0.934. The maximum Gasteiger partial charge on any atom is 0.330 e. The first-order valence-corrected chi connectivity index (χ1v) is 5.55. The summed E-state index contributed by atoms with van der Waals surface area (Å²) in [6.07, 6.45) is 1.12. The van der Waals surface area contributed by atoms with E-state index in [0.29, 0.717) is 6.42 Å². The van der Waals surface area contributed by atoms with Crippen LogP contribution in [0.1, 0.15) is 33.6 Å². The fourth-order valence-corrected chi connectivity index (χ4v) is 2.22. The van der Waals surface area contributed by atoms with E-state index in [9.17, 15) is 14.4 Å². The molecule has 0 bridgehead atoms. The van der Waals surface area contributed by atoms with Gasteiger partial charge in [0.2, 0.25) is 11.8 Å². The summed E-state index contributed by atoms with van der Waals surface area (Å²) < 4.78 is 0. The zero-order valence-corrected chi connectivity index (χ0v) is 10.2. The van der Waals surface area contributed by atoms with Crippen LogP contribution in [0.2, 0.25) is 0 Å². The van der Waals surface area contributed by atoms with Crippen molar-refractivity contribution >= 4 is 17.8 Å². The minimum Gasteiger partial charge on any atom is -0.277 e. The van der Waals surface area contributed by atoms with E-state index >= 15 is 0 Å². The molecule has 2 atom stereocenters. The van der Waals surface area contributed by atoms with Crippen LogP contribution >= 0.6 is 0 Å². The van der Waals surface area contributed by atoms with Gasteiger partial charge in [-0.3, -0.25) is 19.8 Å². The number of imide groups is 2. The fraction of sp³-hybridized carbons (Fsp3) is 0.727. The molecule has 0 spiro atoms. The Morgan fingerprint density at radius 3 is 2.31 bits per heavy atom. The molecule has 4 amide bonds. The van der Waals surface area contributed by atoms with Crippen LogP contribution < -0.4 is 5.32 Å². The van der Waals surface area contributed by atoms with Gasteiger partial charge >= 0.3 is 6.03 Å². The molecule has 5 heteroatoms. The topological polar surface area (TPSA) is 66.5 Å². The number of rotatable bonds is 3. The number of nitrogens with zero attached hydrogens (tertiary/aromatic N) is 1. The predicted molar refractivity (Wildman–Crippen MR) is 58.5 cm³/mol. The lowest BCUT2D eigenvalue weighted by Crippen LogP contribution is -2.64. The van der Waals surface area contributed by atoms with E-state index in [4.69, 9.17) is 0 Å². The van der Waals surface area contributed by atoms with Crippen molar-refractivity contribution in [3.8, 4) is 0 Å². The fourth-order valence-electron chi connectivity index (χ4n) is 2.22. The number of amides is 4. The summed E-state index contributed by atoms with van der Waals surface area (Å²) in [6.45, 7) is 5.59. The Bertz CT molecular complexity index is 340. The van der Waals surface area contributed by atoms with Crippen molar-refractivity contribution in [2.75, 3.05) is 7.05 Å². The zero-order chi connectivity index (χ0) is 12.5. The highest BCUT2D eigenvalue weighted by Crippen LogP contribution is 2.37. The second-order valence-corrected chi connectivity index (χ2v) is 4.26. The van der Waals surface area contributed by atoms with E-state index in [1.165, 1.54) is 7.05 Å². The van der Waals surface area contributed by atoms with Crippen LogP contribution in [0.5, 0.6) is 0 Å². The molecular formula is C11H18N2O3. The number of hydrogen-bond acceptors (Lipinski definition) is 3. The predicted octanol–water partition coefficient (Wildman–Crippen LogP) is 1.14. The van der Waals surface area contributed by atoms with E-state index < -0.39 is 23.3 Å². The molecule has 5 nitrogen and oxygen atoms in total.